The molecule has 0 bridgehead atoms. The summed E-state index contributed by atoms with van der Waals surface area (Å²) in [7, 11) is 0. The van der Waals surface area contributed by atoms with E-state index < -0.39 is 0 Å². The average molecular weight is 382 g/mol. The molecule has 3 aromatic rings. The van der Waals surface area contributed by atoms with E-state index in [1.807, 2.05) is 48.2 Å². The van der Waals surface area contributed by atoms with Gasteiger partial charge in [-0.05, 0) is 62.3 Å². The fraction of sp³-hybridized carbons (Fsp3) is 0.364. The van der Waals surface area contributed by atoms with Crippen LogP contribution in [-0.2, 0) is 0 Å². The number of aryl methyl sites for hydroxylation is 2. The lowest BCUT2D eigenvalue weighted by Gasteiger charge is -2.25. The first-order valence-electron chi connectivity index (χ1n) is 9.50. The van der Waals surface area contributed by atoms with Gasteiger partial charge in [0.2, 0.25) is 0 Å². The van der Waals surface area contributed by atoms with Gasteiger partial charge in [-0.3, -0.25) is 9.69 Å². The van der Waals surface area contributed by atoms with Crippen molar-refractivity contribution in [1.29, 1.82) is 0 Å². The first-order chi connectivity index (χ1) is 13.0. The highest BCUT2D eigenvalue weighted by molar-refractivity contribution is 7.22. The summed E-state index contributed by atoms with van der Waals surface area (Å²) in [5.41, 5.74) is 3.99. The number of rotatable bonds is 7. The van der Waals surface area contributed by atoms with Crippen molar-refractivity contribution in [2.45, 2.75) is 27.7 Å². The second-order valence-electron chi connectivity index (χ2n) is 6.75. The molecule has 0 unspecified atom stereocenters. The molecule has 4 nitrogen and oxygen atoms in total. The minimum Gasteiger partial charge on any atom is -0.302 e. The minimum absolute atomic E-state index is 0.0179. The van der Waals surface area contributed by atoms with Gasteiger partial charge >= 0.3 is 0 Å². The van der Waals surface area contributed by atoms with Crippen LogP contribution in [0.25, 0.3) is 10.2 Å². The number of hydrogen-bond acceptors (Lipinski definition) is 4. The van der Waals surface area contributed by atoms with Gasteiger partial charge in [0.15, 0.2) is 5.13 Å². The number of anilines is 1. The second kappa shape index (κ2) is 8.63. The van der Waals surface area contributed by atoms with Crippen molar-refractivity contribution in [1.82, 2.24) is 9.88 Å². The molecule has 0 radical (unpaired) electrons. The highest BCUT2D eigenvalue weighted by atomic mass is 32.1. The normalized spacial score (nSPS) is 11.3. The molecule has 1 amide bonds. The van der Waals surface area contributed by atoms with Crippen LogP contribution >= 0.6 is 11.3 Å². The molecule has 0 aliphatic carbocycles. The van der Waals surface area contributed by atoms with Gasteiger partial charge in [0.25, 0.3) is 5.91 Å². The molecule has 0 saturated carbocycles. The van der Waals surface area contributed by atoms with Crippen LogP contribution < -0.4 is 4.90 Å². The van der Waals surface area contributed by atoms with E-state index in [1.54, 1.807) is 11.3 Å². The van der Waals surface area contributed by atoms with Crippen LogP contribution in [0.2, 0.25) is 0 Å². The summed E-state index contributed by atoms with van der Waals surface area (Å²) in [6.07, 6.45) is 0. The molecule has 142 valence electrons. The van der Waals surface area contributed by atoms with E-state index >= 15 is 0 Å². The zero-order chi connectivity index (χ0) is 19.4. The molecule has 1 aromatic heterocycles. The average Bonchev–Trinajstić information content (AvgIpc) is 3.11. The SMILES string of the molecule is CCN(CC)CCN(C(=O)c1ccc(C)c(C)c1)c1nc2ccccc2s1. The van der Waals surface area contributed by atoms with Gasteiger partial charge in [-0.15, -0.1) is 0 Å². The number of hydrogen-bond donors (Lipinski definition) is 0. The molecule has 27 heavy (non-hydrogen) atoms. The maximum atomic E-state index is 13.3. The molecular formula is C22H27N3OS. The smallest absolute Gasteiger partial charge is 0.260 e. The zero-order valence-electron chi connectivity index (χ0n) is 16.5. The predicted octanol–water partition coefficient (Wildman–Crippen LogP) is 4.90. The quantitative estimate of drug-likeness (QED) is 0.584. The van der Waals surface area contributed by atoms with Crippen LogP contribution in [0.15, 0.2) is 42.5 Å². The Bertz CT molecular complexity index is 897. The second-order valence-corrected chi connectivity index (χ2v) is 7.76. The van der Waals surface area contributed by atoms with Crippen LogP contribution in [0.1, 0.15) is 35.3 Å². The molecule has 2 aromatic carbocycles. The first-order valence-corrected chi connectivity index (χ1v) is 10.3. The highest BCUT2D eigenvalue weighted by Crippen LogP contribution is 2.29. The van der Waals surface area contributed by atoms with E-state index in [-0.39, 0.29) is 5.91 Å². The molecule has 0 spiro atoms. The number of para-hydroxylation sites is 1. The number of benzene rings is 2. The minimum atomic E-state index is 0.0179. The van der Waals surface area contributed by atoms with Crippen LogP contribution in [0.5, 0.6) is 0 Å². The fourth-order valence-corrected chi connectivity index (χ4v) is 4.06. The third-order valence-electron chi connectivity index (χ3n) is 5.05. The molecule has 0 fully saturated rings. The van der Waals surface area contributed by atoms with Gasteiger partial charge in [-0.2, -0.15) is 0 Å². The number of carbonyl (C=O) groups is 1. The Kier molecular flexibility index (Phi) is 6.24. The zero-order valence-corrected chi connectivity index (χ0v) is 17.3. The Balaban J connectivity index is 1.95. The van der Waals surface area contributed by atoms with Crippen molar-refractivity contribution in [3.05, 3.63) is 59.2 Å². The first kappa shape index (κ1) is 19.5. The summed E-state index contributed by atoms with van der Waals surface area (Å²) in [5.74, 6) is 0.0179. The van der Waals surface area contributed by atoms with E-state index in [9.17, 15) is 4.79 Å². The van der Waals surface area contributed by atoms with Crippen molar-refractivity contribution in [3.63, 3.8) is 0 Å². The summed E-state index contributed by atoms with van der Waals surface area (Å²) >= 11 is 1.58. The molecule has 0 saturated heterocycles. The number of aromatic nitrogens is 1. The third-order valence-corrected chi connectivity index (χ3v) is 6.11. The lowest BCUT2D eigenvalue weighted by molar-refractivity contribution is 0.0983. The standard InChI is InChI=1S/C22H27N3OS/c1-5-24(6-2)13-14-25(21(26)18-12-11-16(3)17(4)15-18)22-23-19-9-7-8-10-20(19)27-22/h7-12,15H,5-6,13-14H2,1-4H3. The predicted molar refractivity (Wildman–Crippen MR) is 115 cm³/mol. The Morgan fingerprint density at radius 3 is 2.41 bits per heavy atom. The number of carbonyl (C=O) groups excluding carboxylic acids is 1. The van der Waals surface area contributed by atoms with Crippen molar-refractivity contribution in [3.8, 4) is 0 Å². The van der Waals surface area contributed by atoms with E-state index in [1.165, 1.54) is 5.56 Å². The van der Waals surface area contributed by atoms with Crippen molar-refractivity contribution in [2.24, 2.45) is 0 Å². The maximum absolute atomic E-state index is 13.3. The molecule has 1 heterocycles. The number of thiazole rings is 1. The van der Waals surface area contributed by atoms with Crippen LogP contribution in [-0.4, -0.2) is 42.0 Å². The molecule has 0 N–H and O–H groups in total. The Hall–Kier alpha value is -2.24. The van der Waals surface area contributed by atoms with Gasteiger partial charge in [0.1, 0.15) is 0 Å². The number of amides is 1. The monoisotopic (exact) mass is 381 g/mol. The maximum Gasteiger partial charge on any atom is 0.260 e. The number of nitrogens with zero attached hydrogens (tertiary/aromatic N) is 3. The van der Waals surface area contributed by atoms with Crippen LogP contribution in [0, 0.1) is 13.8 Å². The van der Waals surface area contributed by atoms with E-state index in [4.69, 9.17) is 4.98 Å². The molecular weight excluding hydrogens is 354 g/mol. The van der Waals surface area contributed by atoms with E-state index in [0.717, 1.165) is 46.1 Å². The molecule has 0 aliphatic heterocycles. The van der Waals surface area contributed by atoms with Crippen LogP contribution in [0.4, 0.5) is 5.13 Å². The summed E-state index contributed by atoms with van der Waals surface area (Å²) in [6.45, 7) is 11.8. The van der Waals surface area contributed by atoms with Crippen molar-refractivity contribution in [2.75, 3.05) is 31.1 Å². The van der Waals surface area contributed by atoms with Gasteiger partial charge in [-0.1, -0.05) is 43.4 Å². The van der Waals surface area contributed by atoms with Gasteiger partial charge in [0, 0.05) is 18.7 Å². The lowest BCUT2D eigenvalue weighted by atomic mass is 10.1. The Morgan fingerprint density at radius 1 is 1.00 bits per heavy atom. The Labute approximate surface area is 165 Å². The van der Waals surface area contributed by atoms with Gasteiger partial charge in [-0.25, -0.2) is 4.98 Å². The Morgan fingerprint density at radius 2 is 1.74 bits per heavy atom. The van der Waals surface area contributed by atoms with E-state index in [2.05, 4.69) is 31.7 Å². The van der Waals surface area contributed by atoms with Gasteiger partial charge < -0.3 is 4.90 Å². The van der Waals surface area contributed by atoms with Crippen LogP contribution in [0.3, 0.4) is 0 Å². The summed E-state index contributed by atoms with van der Waals surface area (Å²) in [6, 6.07) is 14.0. The molecule has 3 rings (SSSR count). The number of fused-ring (bicyclic) bond motifs is 1. The molecule has 0 aliphatic rings. The highest BCUT2D eigenvalue weighted by Gasteiger charge is 2.22. The van der Waals surface area contributed by atoms with Crippen molar-refractivity contribution >= 4 is 32.6 Å². The summed E-state index contributed by atoms with van der Waals surface area (Å²) < 4.78 is 1.10. The third kappa shape index (κ3) is 4.37. The van der Waals surface area contributed by atoms with E-state index in [0.29, 0.717) is 6.54 Å². The molecule has 5 heteroatoms. The van der Waals surface area contributed by atoms with Gasteiger partial charge in [0.05, 0.1) is 10.2 Å². The topological polar surface area (TPSA) is 36.4 Å². The summed E-state index contributed by atoms with van der Waals surface area (Å²) in [5, 5.41) is 0.770. The summed E-state index contributed by atoms with van der Waals surface area (Å²) in [4.78, 5) is 22.3. The van der Waals surface area contributed by atoms with Crippen molar-refractivity contribution < 1.29 is 4.79 Å². The number of likely N-dealkylation sites (N-methyl/N-ethyl adjacent to an activating group) is 1. The molecule has 0 atom stereocenters. The fourth-order valence-electron chi connectivity index (χ4n) is 3.07. The largest absolute Gasteiger partial charge is 0.302 e. The lowest BCUT2D eigenvalue weighted by Crippen LogP contribution is -2.38.